The minimum Gasteiger partial charge on any atom is -0.370 e. The molecule has 5 heteroatoms. The first kappa shape index (κ1) is 17.7. The Morgan fingerprint density at radius 1 is 0.760 bits per heavy atom. The third-order valence-electron chi connectivity index (χ3n) is 4.60. The van der Waals surface area contributed by atoms with E-state index in [0.29, 0.717) is 0 Å². The Hall–Kier alpha value is -0.720. The van der Waals surface area contributed by atoms with Gasteiger partial charge in [0.2, 0.25) is 0 Å². The Morgan fingerprint density at radius 3 is 1.44 bits per heavy atom. The maximum Gasteiger partial charge on any atom is 0.107 e. The summed E-state index contributed by atoms with van der Waals surface area (Å²) in [6.45, 7) is 1.58. The fraction of sp³-hybridized carbons (Fsp3) is 0.400. The Kier molecular flexibility index (Phi) is 5.58. The molecule has 2 aliphatic heterocycles. The van der Waals surface area contributed by atoms with Gasteiger partial charge in [0.15, 0.2) is 0 Å². The number of epoxide rings is 2. The number of hydrogen-bond donors (Lipinski definition) is 0. The highest BCUT2D eigenvalue weighted by Crippen LogP contribution is 2.28. The average Bonchev–Trinajstić information content (AvgIpc) is 3.49. The second kappa shape index (κ2) is 7.89. The molecule has 0 N–H and O–H groups in total. The quantitative estimate of drug-likeness (QED) is 0.534. The Morgan fingerprint density at radius 2 is 1.12 bits per heavy atom. The lowest BCUT2D eigenvalue weighted by atomic mass is 10.0. The van der Waals surface area contributed by atoms with E-state index in [-0.39, 0.29) is 24.4 Å². The Bertz CT molecular complexity index is 632. The van der Waals surface area contributed by atoms with E-state index in [1.54, 1.807) is 0 Å². The molecule has 3 nitrogen and oxygen atoms in total. The molecular formula is C20H20Br2O3. The molecule has 0 amide bonds. The molecule has 4 unspecified atom stereocenters. The lowest BCUT2D eigenvalue weighted by Crippen LogP contribution is -2.33. The molecule has 2 aromatic rings. The molecule has 0 bridgehead atoms. The number of rotatable bonds is 8. The molecule has 4 rings (SSSR count). The molecule has 2 fully saturated rings. The molecule has 2 aromatic carbocycles. The van der Waals surface area contributed by atoms with Crippen molar-refractivity contribution in [2.75, 3.05) is 13.2 Å². The number of benzene rings is 2. The van der Waals surface area contributed by atoms with Gasteiger partial charge in [0, 0.05) is 21.8 Å². The van der Waals surface area contributed by atoms with Crippen LogP contribution in [0.25, 0.3) is 0 Å². The van der Waals surface area contributed by atoms with Crippen molar-refractivity contribution >= 4 is 31.9 Å². The minimum absolute atomic E-state index is 0.0748. The molecule has 4 atom stereocenters. The van der Waals surface area contributed by atoms with Crippen LogP contribution in [0.1, 0.15) is 11.1 Å². The van der Waals surface area contributed by atoms with Gasteiger partial charge >= 0.3 is 0 Å². The molecule has 2 aliphatic rings. The summed E-state index contributed by atoms with van der Waals surface area (Å²) >= 11 is 6.97. The fourth-order valence-electron chi connectivity index (χ4n) is 3.00. The topological polar surface area (TPSA) is 34.3 Å². The van der Waals surface area contributed by atoms with Crippen LogP contribution in [0.5, 0.6) is 0 Å². The van der Waals surface area contributed by atoms with Gasteiger partial charge in [-0.15, -0.1) is 0 Å². The zero-order chi connectivity index (χ0) is 17.2. The molecular weight excluding hydrogens is 448 g/mol. The first-order valence-corrected chi connectivity index (χ1v) is 10.1. The van der Waals surface area contributed by atoms with Crippen LogP contribution >= 0.6 is 31.9 Å². The standard InChI is InChI=1S/C20H20Br2O3/c21-15-5-1-13(2-6-15)9-17(19-11-23-19)25-18(20-12-24-20)10-14-3-7-16(22)8-4-14/h1-8,17-20H,9-12H2. The van der Waals surface area contributed by atoms with Crippen molar-refractivity contribution in [1.82, 2.24) is 0 Å². The normalized spacial score (nSPS) is 23.9. The van der Waals surface area contributed by atoms with Crippen LogP contribution in [0.4, 0.5) is 0 Å². The molecule has 0 radical (unpaired) electrons. The van der Waals surface area contributed by atoms with E-state index in [4.69, 9.17) is 14.2 Å². The van der Waals surface area contributed by atoms with Gasteiger partial charge in [-0.1, -0.05) is 56.1 Å². The Labute approximate surface area is 164 Å². The smallest absolute Gasteiger partial charge is 0.107 e. The van der Waals surface area contributed by atoms with Crippen LogP contribution in [0.15, 0.2) is 57.5 Å². The van der Waals surface area contributed by atoms with Gasteiger partial charge in [-0.2, -0.15) is 0 Å². The highest BCUT2D eigenvalue weighted by Gasteiger charge is 2.40. The molecule has 2 saturated heterocycles. The molecule has 2 heterocycles. The molecule has 25 heavy (non-hydrogen) atoms. The first-order valence-electron chi connectivity index (χ1n) is 8.55. The second-order valence-corrected chi connectivity index (χ2v) is 8.45. The van der Waals surface area contributed by atoms with Crippen LogP contribution in [0.3, 0.4) is 0 Å². The van der Waals surface area contributed by atoms with Crippen LogP contribution < -0.4 is 0 Å². The van der Waals surface area contributed by atoms with Gasteiger partial charge in [-0.05, 0) is 35.4 Å². The van der Waals surface area contributed by atoms with E-state index in [2.05, 4.69) is 80.4 Å². The SMILES string of the molecule is Brc1ccc(CC(OC(Cc2ccc(Br)cc2)C2CO2)C2CO2)cc1. The first-order chi connectivity index (χ1) is 12.2. The summed E-state index contributed by atoms with van der Waals surface area (Å²) < 4.78 is 19.8. The van der Waals surface area contributed by atoms with Gasteiger partial charge in [-0.3, -0.25) is 0 Å². The monoisotopic (exact) mass is 466 g/mol. The van der Waals surface area contributed by atoms with Crippen molar-refractivity contribution in [1.29, 1.82) is 0 Å². The number of hydrogen-bond acceptors (Lipinski definition) is 3. The van der Waals surface area contributed by atoms with Crippen LogP contribution in [0, 0.1) is 0 Å². The summed E-state index contributed by atoms with van der Waals surface area (Å²) in [4.78, 5) is 0. The van der Waals surface area contributed by atoms with Crippen LogP contribution in [-0.4, -0.2) is 37.6 Å². The third kappa shape index (κ3) is 5.14. The Balaban J connectivity index is 1.43. The lowest BCUT2D eigenvalue weighted by Gasteiger charge is -2.23. The van der Waals surface area contributed by atoms with E-state index >= 15 is 0 Å². The summed E-state index contributed by atoms with van der Waals surface area (Å²) in [6, 6.07) is 16.8. The summed E-state index contributed by atoms with van der Waals surface area (Å²) in [7, 11) is 0. The lowest BCUT2D eigenvalue weighted by molar-refractivity contribution is -0.0369. The average molecular weight is 468 g/mol. The molecule has 132 valence electrons. The maximum atomic E-state index is 6.49. The summed E-state index contributed by atoms with van der Waals surface area (Å²) in [6.07, 6.45) is 2.28. The summed E-state index contributed by atoms with van der Waals surface area (Å²) in [5, 5.41) is 0. The highest BCUT2D eigenvalue weighted by atomic mass is 79.9. The molecule has 0 aliphatic carbocycles. The second-order valence-electron chi connectivity index (χ2n) is 6.62. The van der Waals surface area contributed by atoms with E-state index in [0.717, 1.165) is 35.0 Å². The van der Waals surface area contributed by atoms with Crippen LogP contribution in [0.2, 0.25) is 0 Å². The largest absolute Gasteiger partial charge is 0.370 e. The van der Waals surface area contributed by atoms with E-state index in [1.807, 2.05) is 0 Å². The van der Waals surface area contributed by atoms with Crippen molar-refractivity contribution in [2.24, 2.45) is 0 Å². The van der Waals surface area contributed by atoms with Crippen LogP contribution in [-0.2, 0) is 27.1 Å². The minimum atomic E-state index is 0.0748. The van der Waals surface area contributed by atoms with Crippen molar-refractivity contribution in [3.8, 4) is 0 Å². The summed E-state index contributed by atoms with van der Waals surface area (Å²) in [5.41, 5.74) is 2.53. The fourth-order valence-corrected chi connectivity index (χ4v) is 3.53. The molecule has 0 saturated carbocycles. The van der Waals surface area contributed by atoms with Crippen molar-refractivity contribution in [3.63, 3.8) is 0 Å². The number of ether oxygens (including phenoxy) is 3. The maximum absolute atomic E-state index is 6.49. The van der Waals surface area contributed by atoms with E-state index in [9.17, 15) is 0 Å². The predicted molar refractivity (Wildman–Crippen MR) is 104 cm³/mol. The molecule has 0 spiro atoms. The predicted octanol–water partition coefficient (Wildman–Crippen LogP) is 4.55. The zero-order valence-electron chi connectivity index (χ0n) is 13.7. The zero-order valence-corrected chi connectivity index (χ0v) is 16.9. The van der Waals surface area contributed by atoms with Gasteiger partial charge in [0.05, 0.1) is 25.4 Å². The van der Waals surface area contributed by atoms with Gasteiger partial charge in [-0.25, -0.2) is 0 Å². The van der Waals surface area contributed by atoms with Crippen molar-refractivity contribution in [3.05, 3.63) is 68.6 Å². The molecule has 0 aromatic heterocycles. The van der Waals surface area contributed by atoms with E-state index < -0.39 is 0 Å². The van der Waals surface area contributed by atoms with Gasteiger partial charge < -0.3 is 14.2 Å². The van der Waals surface area contributed by atoms with Crippen molar-refractivity contribution < 1.29 is 14.2 Å². The number of halogens is 2. The van der Waals surface area contributed by atoms with E-state index in [1.165, 1.54) is 11.1 Å². The van der Waals surface area contributed by atoms with Gasteiger partial charge in [0.1, 0.15) is 12.2 Å². The third-order valence-corrected chi connectivity index (χ3v) is 5.65. The van der Waals surface area contributed by atoms with Gasteiger partial charge in [0.25, 0.3) is 0 Å². The van der Waals surface area contributed by atoms with Crippen molar-refractivity contribution in [2.45, 2.75) is 37.3 Å². The highest BCUT2D eigenvalue weighted by molar-refractivity contribution is 9.10. The summed E-state index contributed by atoms with van der Waals surface area (Å²) in [5.74, 6) is 0.